The molecular formula is C25H49KO4S. The first-order valence-electron chi connectivity index (χ1n) is 12.8. The van der Waals surface area contributed by atoms with Gasteiger partial charge in [-0.25, -0.2) is 8.42 Å². The van der Waals surface area contributed by atoms with Gasteiger partial charge in [-0.05, 0) is 19.3 Å². The molecule has 0 N–H and O–H groups in total. The standard InChI is InChI=1S/C25H50O4S.K/c1-3-5-7-9-11-12-13-14-15-16-17-19-21-23-25(24-29-30(26,27)28)22-20-18-10-8-6-4-2;/h20,22,25H,3-19,21,23-24H2,1-2H3,(H,26,27,28);/q;+1/p-1/b22-20+;. The van der Waals surface area contributed by atoms with Gasteiger partial charge in [-0.3, -0.25) is 4.18 Å². The number of allylic oxidation sites excluding steroid dienone is 1. The van der Waals surface area contributed by atoms with Gasteiger partial charge in [0.15, 0.2) is 0 Å². The second kappa shape index (κ2) is 25.9. The van der Waals surface area contributed by atoms with Gasteiger partial charge in [0.25, 0.3) is 0 Å². The van der Waals surface area contributed by atoms with Crippen molar-refractivity contribution in [2.24, 2.45) is 5.92 Å². The SMILES string of the molecule is CCCCCC/C=C/C(CCCCCCCCCCCCCCC)COS(=O)(=O)[O-].[K+]. The summed E-state index contributed by atoms with van der Waals surface area (Å²) in [6, 6.07) is 0. The van der Waals surface area contributed by atoms with Gasteiger partial charge in [0.1, 0.15) is 0 Å². The van der Waals surface area contributed by atoms with E-state index in [0.29, 0.717) is 0 Å². The van der Waals surface area contributed by atoms with E-state index in [-0.39, 0.29) is 63.9 Å². The largest absolute Gasteiger partial charge is 1.00 e. The summed E-state index contributed by atoms with van der Waals surface area (Å²) in [5, 5.41) is 0. The van der Waals surface area contributed by atoms with Crippen LogP contribution in [0.25, 0.3) is 0 Å². The van der Waals surface area contributed by atoms with Crippen LogP contribution in [0.5, 0.6) is 0 Å². The smallest absolute Gasteiger partial charge is 0.726 e. The normalized spacial score (nSPS) is 12.9. The molecule has 0 heterocycles. The first-order chi connectivity index (χ1) is 14.5. The van der Waals surface area contributed by atoms with Crippen LogP contribution >= 0.6 is 0 Å². The quantitative estimate of drug-likeness (QED) is 0.0666. The molecule has 180 valence electrons. The van der Waals surface area contributed by atoms with Gasteiger partial charge < -0.3 is 4.55 Å². The molecule has 0 amide bonds. The van der Waals surface area contributed by atoms with E-state index in [0.717, 1.165) is 25.7 Å². The van der Waals surface area contributed by atoms with Crippen LogP contribution in [0.15, 0.2) is 12.2 Å². The van der Waals surface area contributed by atoms with Crippen molar-refractivity contribution < 1.29 is 68.5 Å². The Balaban J connectivity index is 0. The van der Waals surface area contributed by atoms with Crippen molar-refractivity contribution in [3.05, 3.63) is 12.2 Å². The third-order valence-electron chi connectivity index (χ3n) is 5.74. The molecule has 1 unspecified atom stereocenters. The molecule has 4 nitrogen and oxygen atoms in total. The van der Waals surface area contributed by atoms with E-state index in [1.807, 2.05) is 0 Å². The van der Waals surface area contributed by atoms with Crippen molar-refractivity contribution in [1.82, 2.24) is 0 Å². The molecule has 0 rings (SSSR count). The van der Waals surface area contributed by atoms with Crippen LogP contribution in [0.2, 0.25) is 0 Å². The molecule has 0 radical (unpaired) electrons. The molecule has 0 aromatic carbocycles. The number of unbranched alkanes of at least 4 members (excludes halogenated alkanes) is 16. The summed E-state index contributed by atoms with van der Waals surface area (Å²) in [7, 11) is -4.60. The fraction of sp³-hybridized carbons (Fsp3) is 0.920. The maximum Gasteiger partial charge on any atom is 1.00 e. The van der Waals surface area contributed by atoms with Gasteiger partial charge in [-0.15, -0.1) is 0 Å². The van der Waals surface area contributed by atoms with Gasteiger partial charge in [0.2, 0.25) is 10.4 Å². The van der Waals surface area contributed by atoms with Gasteiger partial charge >= 0.3 is 51.4 Å². The third-order valence-corrected chi connectivity index (χ3v) is 6.16. The van der Waals surface area contributed by atoms with E-state index in [9.17, 15) is 13.0 Å². The summed E-state index contributed by atoms with van der Waals surface area (Å²) < 4.78 is 36.8. The van der Waals surface area contributed by atoms with Gasteiger partial charge in [-0.2, -0.15) is 0 Å². The molecule has 31 heavy (non-hydrogen) atoms. The van der Waals surface area contributed by atoms with Crippen LogP contribution in [-0.2, 0) is 14.6 Å². The molecule has 0 aliphatic heterocycles. The summed E-state index contributed by atoms with van der Waals surface area (Å²) in [5.74, 6) is 0.0209. The molecular weight excluding hydrogens is 435 g/mol. The Morgan fingerprint density at radius 1 is 0.710 bits per heavy atom. The van der Waals surface area contributed by atoms with E-state index in [1.54, 1.807) is 0 Å². The molecule has 1 atom stereocenters. The molecule has 0 saturated carbocycles. The Morgan fingerprint density at radius 2 is 1.13 bits per heavy atom. The first-order valence-corrected chi connectivity index (χ1v) is 14.1. The molecule has 0 fully saturated rings. The Labute approximate surface area is 237 Å². The van der Waals surface area contributed by atoms with Crippen LogP contribution in [0, 0.1) is 5.92 Å². The molecule has 0 aromatic rings. The predicted molar refractivity (Wildman–Crippen MR) is 127 cm³/mol. The summed E-state index contributed by atoms with van der Waals surface area (Å²) in [6.45, 7) is 4.44. The Kier molecular flexibility index (Phi) is 28.7. The fourth-order valence-corrected chi connectivity index (χ4v) is 4.15. The maximum absolute atomic E-state index is 10.8. The van der Waals surface area contributed by atoms with Crippen LogP contribution in [0.3, 0.4) is 0 Å². The number of rotatable bonds is 23. The summed E-state index contributed by atoms with van der Waals surface area (Å²) in [6.07, 6.45) is 28.1. The second-order valence-corrected chi connectivity index (χ2v) is 9.81. The van der Waals surface area contributed by atoms with Crippen LogP contribution in [-0.4, -0.2) is 19.6 Å². The number of hydrogen-bond donors (Lipinski definition) is 0. The molecule has 0 aromatic heterocycles. The minimum atomic E-state index is -4.60. The second-order valence-electron chi connectivity index (χ2n) is 8.76. The monoisotopic (exact) mass is 484 g/mol. The van der Waals surface area contributed by atoms with E-state index in [1.165, 1.54) is 96.3 Å². The van der Waals surface area contributed by atoms with Crippen LogP contribution < -0.4 is 51.4 Å². The van der Waals surface area contributed by atoms with Crippen molar-refractivity contribution in [2.75, 3.05) is 6.61 Å². The van der Waals surface area contributed by atoms with Crippen molar-refractivity contribution >= 4 is 10.4 Å². The average Bonchev–Trinajstić information content (AvgIpc) is 2.70. The zero-order valence-electron chi connectivity index (χ0n) is 20.9. The van der Waals surface area contributed by atoms with Crippen LogP contribution in [0.4, 0.5) is 0 Å². The predicted octanol–water partition coefficient (Wildman–Crippen LogP) is 5.09. The van der Waals surface area contributed by atoms with Gasteiger partial charge in [-0.1, -0.05) is 129 Å². The summed E-state index contributed by atoms with van der Waals surface area (Å²) in [5.41, 5.74) is 0. The topological polar surface area (TPSA) is 66.4 Å². The van der Waals surface area contributed by atoms with Gasteiger partial charge in [0.05, 0.1) is 6.61 Å². The molecule has 0 spiro atoms. The van der Waals surface area contributed by atoms with E-state index < -0.39 is 10.4 Å². The van der Waals surface area contributed by atoms with Crippen molar-refractivity contribution in [3.8, 4) is 0 Å². The minimum Gasteiger partial charge on any atom is -0.726 e. The molecule has 0 aliphatic rings. The summed E-state index contributed by atoms with van der Waals surface area (Å²) >= 11 is 0. The summed E-state index contributed by atoms with van der Waals surface area (Å²) in [4.78, 5) is 0. The zero-order valence-corrected chi connectivity index (χ0v) is 24.9. The molecule has 0 bridgehead atoms. The average molecular weight is 485 g/mol. The van der Waals surface area contributed by atoms with E-state index in [2.05, 4.69) is 30.2 Å². The molecule has 6 heteroatoms. The first kappa shape index (κ1) is 34.4. The van der Waals surface area contributed by atoms with Crippen molar-refractivity contribution in [2.45, 2.75) is 136 Å². The third kappa shape index (κ3) is 29.2. The van der Waals surface area contributed by atoms with Crippen molar-refractivity contribution in [3.63, 3.8) is 0 Å². The number of hydrogen-bond acceptors (Lipinski definition) is 4. The van der Waals surface area contributed by atoms with Gasteiger partial charge in [0, 0.05) is 5.92 Å². The van der Waals surface area contributed by atoms with E-state index >= 15 is 0 Å². The van der Waals surface area contributed by atoms with E-state index in [4.69, 9.17) is 0 Å². The maximum atomic E-state index is 10.8. The fourth-order valence-electron chi connectivity index (χ4n) is 3.81. The van der Waals surface area contributed by atoms with Crippen molar-refractivity contribution in [1.29, 1.82) is 0 Å². The minimum absolute atomic E-state index is 0. The Bertz CT molecular complexity index is 480. The Morgan fingerprint density at radius 3 is 1.58 bits per heavy atom. The molecule has 0 aliphatic carbocycles. The Hall–Kier alpha value is 1.25. The molecule has 0 saturated heterocycles. The zero-order chi connectivity index (χ0) is 22.3. The van der Waals surface area contributed by atoms with Crippen LogP contribution in [0.1, 0.15) is 136 Å².